The van der Waals surface area contributed by atoms with Crippen molar-refractivity contribution in [2.45, 2.75) is 96.8 Å². The van der Waals surface area contributed by atoms with Crippen LogP contribution in [0.2, 0.25) is 0 Å². The Morgan fingerprint density at radius 3 is 2.50 bits per heavy atom. The van der Waals surface area contributed by atoms with E-state index in [1.807, 2.05) is 0 Å². The minimum Gasteiger partial charge on any atom is -0.323 e. The van der Waals surface area contributed by atoms with Gasteiger partial charge in [-0.3, -0.25) is 10.1 Å². The van der Waals surface area contributed by atoms with Crippen molar-refractivity contribution in [3.63, 3.8) is 0 Å². The molecule has 1 heterocycles. The molecule has 3 heteroatoms. The first-order valence-corrected chi connectivity index (χ1v) is 8.64. The van der Waals surface area contributed by atoms with Gasteiger partial charge in [0.1, 0.15) is 0 Å². The number of rotatable bonds is 5. The lowest BCUT2D eigenvalue weighted by Crippen LogP contribution is -2.47. The fraction of sp³-hybridized carbons (Fsp3) is 0.941. The summed E-state index contributed by atoms with van der Waals surface area (Å²) in [6.45, 7) is 8.67. The number of carbonyl (C=O) groups excluding carboxylic acids is 1. The van der Waals surface area contributed by atoms with Crippen LogP contribution in [0.1, 0.15) is 79.1 Å². The van der Waals surface area contributed by atoms with Crippen molar-refractivity contribution in [3.8, 4) is 0 Å². The van der Waals surface area contributed by atoms with Gasteiger partial charge in [-0.1, -0.05) is 39.5 Å². The summed E-state index contributed by atoms with van der Waals surface area (Å²) in [5, 5.41) is 3.61. The predicted octanol–water partition coefficient (Wildman–Crippen LogP) is 3.68. The van der Waals surface area contributed by atoms with E-state index in [1.165, 1.54) is 32.1 Å². The summed E-state index contributed by atoms with van der Waals surface area (Å²) >= 11 is 0. The van der Waals surface area contributed by atoms with E-state index >= 15 is 0 Å². The molecule has 3 atom stereocenters. The van der Waals surface area contributed by atoms with Crippen molar-refractivity contribution in [1.82, 2.24) is 10.2 Å². The summed E-state index contributed by atoms with van der Waals surface area (Å²) in [4.78, 5) is 15.1. The Hall–Kier alpha value is -0.570. The van der Waals surface area contributed by atoms with Gasteiger partial charge in [0.15, 0.2) is 0 Å². The Balaban J connectivity index is 2.14. The Morgan fingerprint density at radius 2 is 1.95 bits per heavy atom. The van der Waals surface area contributed by atoms with Crippen LogP contribution in [0.25, 0.3) is 0 Å². The Labute approximate surface area is 124 Å². The van der Waals surface area contributed by atoms with Crippen molar-refractivity contribution < 1.29 is 4.79 Å². The molecule has 1 aliphatic carbocycles. The molecule has 2 aliphatic rings. The highest BCUT2D eigenvalue weighted by Gasteiger charge is 2.48. The van der Waals surface area contributed by atoms with E-state index in [0.717, 1.165) is 19.3 Å². The third-order valence-electron chi connectivity index (χ3n) is 5.57. The largest absolute Gasteiger partial charge is 0.323 e. The predicted molar refractivity (Wildman–Crippen MR) is 83.4 cm³/mol. The molecule has 3 nitrogen and oxygen atoms in total. The highest BCUT2D eigenvalue weighted by Crippen LogP contribution is 2.34. The first-order chi connectivity index (χ1) is 9.53. The second-order valence-electron chi connectivity index (χ2n) is 6.99. The molecular weight excluding hydrogens is 248 g/mol. The van der Waals surface area contributed by atoms with E-state index in [1.54, 1.807) is 0 Å². The van der Waals surface area contributed by atoms with Crippen LogP contribution in [-0.4, -0.2) is 28.6 Å². The van der Waals surface area contributed by atoms with Gasteiger partial charge in [-0.05, 0) is 45.4 Å². The van der Waals surface area contributed by atoms with E-state index in [-0.39, 0.29) is 11.7 Å². The molecule has 20 heavy (non-hydrogen) atoms. The van der Waals surface area contributed by atoms with Crippen LogP contribution in [0.4, 0.5) is 0 Å². The molecule has 1 saturated heterocycles. The summed E-state index contributed by atoms with van der Waals surface area (Å²) in [5.74, 6) is 1.03. The summed E-state index contributed by atoms with van der Waals surface area (Å²) in [6.07, 6.45) is 9.97. The summed E-state index contributed by atoms with van der Waals surface area (Å²) in [6, 6.07) is 0.389. The van der Waals surface area contributed by atoms with Gasteiger partial charge in [-0.2, -0.15) is 0 Å². The van der Waals surface area contributed by atoms with Gasteiger partial charge in [0.05, 0.1) is 11.7 Å². The minimum absolute atomic E-state index is 0.245. The fourth-order valence-corrected chi connectivity index (χ4v) is 3.98. The first kappa shape index (κ1) is 15.8. The van der Waals surface area contributed by atoms with E-state index in [0.29, 0.717) is 17.9 Å². The van der Waals surface area contributed by atoms with Gasteiger partial charge in [0.2, 0.25) is 5.91 Å². The molecule has 0 aromatic rings. The monoisotopic (exact) mass is 280 g/mol. The molecule has 1 amide bonds. The van der Waals surface area contributed by atoms with E-state index < -0.39 is 0 Å². The zero-order chi connectivity index (χ0) is 14.8. The maximum Gasteiger partial charge on any atom is 0.244 e. The second kappa shape index (κ2) is 6.46. The molecule has 3 unspecified atom stereocenters. The molecule has 1 saturated carbocycles. The van der Waals surface area contributed by atoms with Crippen LogP contribution >= 0.6 is 0 Å². The number of amides is 1. The van der Waals surface area contributed by atoms with Crippen molar-refractivity contribution >= 4 is 5.91 Å². The van der Waals surface area contributed by atoms with Crippen molar-refractivity contribution in [2.24, 2.45) is 5.92 Å². The van der Waals surface area contributed by atoms with E-state index in [9.17, 15) is 4.79 Å². The van der Waals surface area contributed by atoms with Gasteiger partial charge >= 0.3 is 0 Å². The Bertz CT molecular complexity index is 338. The van der Waals surface area contributed by atoms with Crippen molar-refractivity contribution in [1.29, 1.82) is 0 Å². The zero-order valence-electron chi connectivity index (χ0n) is 13.7. The van der Waals surface area contributed by atoms with Gasteiger partial charge < -0.3 is 4.90 Å². The molecular formula is C17H32N2O. The molecule has 0 spiro atoms. The number of nitrogens with zero attached hydrogens (tertiary/aromatic N) is 1. The lowest BCUT2D eigenvalue weighted by molar-refractivity contribution is -0.136. The zero-order valence-corrected chi connectivity index (χ0v) is 13.7. The molecule has 2 fully saturated rings. The summed E-state index contributed by atoms with van der Waals surface area (Å²) in [5.41, 5.74) is -0.344. The molecule has 116 valence electrons. The Morgan fingerprint density at radius 1 is 1.30 bits per heavy atom. The molecule has 0 aromatic heterocycles. The molecule has 0 bridgehead atoms. The van der Waals surface area contributed by atoms with Gasteiger partial charge in [0.25, 0.3) is 0 Å². The second-order valence-corrected chi connectivity index (χ2v) is 6.99. The number of carbonyl (C=O) groups is 1. The summed E-state index contributed by atoms with van der Waals surface area (Å²) in [7, 11) is 0. The average Bonchev–Trinajstić information content (AvgIpc) is 2.72. The van der Waals surface area contributed by atoms with Crippen LogP contribution < -0.4 is 5.32 Å². The number of nitrogens with one attached hydrogen (secondary N) is 1. The third-order valence-corrected chi connectivity index (χ3v) is 5.57. The number of hydrogen-bond donors (Lipinski definition) is 1. The lowest BCUT2D eigenvalue weighted by atomic mass is 9.83. The maximum atomic E-state index is 12.9. The molecule has 0 radical (unpaired) electrons. The van der Waals surface area contributed by atoms with Gasteiger partial charge in [-0.15, -0.1) is 0 Å². The minimum atomic E-state index is -0.344. The SMILES string of the molecule is CCCC1NC(C)(CC)C(=O)N1C(C)C1CCCCC1. The first-order valence-electron chi connectivity index (χ1n) is 8.64. The normalized spacial score (nSPS) is 33.7. The fourth-order valence-electron chi connectivity index (χ4n) is 3.98. The van der Waals surface area contributed by atoms with Crippen molar-refractivity contribution in [3.05, 3.63) is 0 Å². The van der Waals surface area contributed by atoms with Crippen LogP contribution in [0.3, 0.4) is 0 Å². The molecule has 1 aliphatic heterocycles. The third kappa shape index (κ3) is 2.88. The van der Waals surface area contributed by atoms with Crippen LogP contribution in [0.5, 0.6) is 0 Å². The quantitative estimate of drug-likeness (QED) is 0.833. The maximum absolute atomic E-state index is 12.9. The number of hydrogen-bond acceptors (Lipinski definition) is 2. The van der Waals surface area contributed by atoms with Crippen LogP contribution in [0.15, 0.2) is 0 Å². The lowest BCUT2D eigenvalue weighted by Gasteiger charge is -2.37. The Kier molecular flexibility index (Phi) is 5.11. The standard InChI is InChI=1S/C17H32N2O/c1-5-10-15-18-17(4,6-2)16(20)19(15)13(3)14-11-8-7-9-12-14/h13-15,18H,5-12H2,1-4H3. The smallest absolute Gasteiger partial charge is 0.244 e. The van der Waals surface area contributed by atoms with Crippen LogP contribution in [0, 0.1) is 5.92 Å². The van der Waals surface area contributed by atoms with Crippen molar-refractivity contribution in [2.75, 3.05) is 0 Å². The summed E-state index contributed by atoms with van der Waals surface area (Å²) < 4.78 is 0. The molecule has 1 N–H and O–H groups in total. The molecule has 2 rings (SSSR count). The molecule has 0 aromatic carbocycles. The average molecular weight is 280 g/mol. The van der Waals surface area contributed by atoms with E-state index in [4.69, 9.17) is 0 Å². The van der Waals surface area contributed by atoms with Crippen LogP contribution in [-0.2, 0) is 4.79 Å². The van der Waals surface area contributed by atoms with Gasteiger partial charge in [0, 0.05) is 6.04 Å². The van der Waals surface area contributed by atoms with Gasteiger partial charge in [-0.25, -0.2) is 0 Å². The topological polar surface area (TPSA) is 32.3 Å². The highest BCUT2D eigenvalue weighted by molar-refractivity contribution is 5.88. The highest BCUT2D eigenvalue weighted by atomic mass is 16.2. The van der Waals surface area contributed by atoms with E-state index in [2.05, 4.69) is 37.9 Å².